The molecular weight excluding hydrogens is 384 g/mol. The van der Waals surface area contributed by atoms with E-state index in [0.29, 0.717) is 0 Å². The molecule has 6 aromatic rings. The Bertz CT molecular complexity index is 1430. The Kier molecular flexibility index (Phi) is 4.55. The number of benzene rings is 6. The highest BCUT2D eigenvalue weighted by atomic mass is 14.2. The van der Waals surface area contributed by atoms with Crippen molar-refractivity contribution in [1.29, 1.82) is 0 Å². The lowest BCUT2D eigenvalue weighted by atomic mass is 9.89. The van der Waals surface area contributed by atoms with Gasteiger partial charge in [0, 0.05) is 0 Å². The number of fused-ring (bicyclic) bond motifs is 2. The SMILES string of the molecule is c1ccc(-c2ccc3c(-c4ccccc4)c4ccc(-c5ccccc5)cc4cc3c2)cc1. The largest absolute Gasteiger partial charge is 0.0622 e. The fourth-order valence-electron chi connectivity index (χ4n) is 4.67. The molecule has 0 saturated carbocycles. The minimum absolute atomic E-state index is 1.24. The summed E-state index contributed by atoms with van der Waals surface area (Å²) in [5, 5.41) is 5.11. The van der Waals surface area contributed by atoms with E-state index in [1.165, 1.54) is 54.9 Å². The third-order valence-electron chi connectivity index (χ3n) is 6.23. The van der Waals surface area contributed by atoms with Crippen molar-refractivity contribution in [1.82, 2.24) is 0 Å². The molecule has 0 unspecified atom stereocenters. The first-order valence-corrected chi connectivity index (χ1v) is 11.0. The first kappa shape index (κ1) is 18.6. The normalized spacial score (nSPS) is 11.1. The second kappa shape index (κ2) is 7.83. The van der Waals surface area contributed by atoms with Crippen LogP contribution >= 0.6 is 0 Å². The van der Waals surface area contributed by atoms with Crippen LogP contribution in [0.25, 0.3) is 54.9 Å². The van der Waals surface area contributed by atoms with Gasteiger partial charge in [0.1, 0.15) is 0 Å². The fourth-order valence-corrected chi connectivity index (χ4v) is 4.67. The molecule has 0 atom stereocenters. The Hall–Kier alpha value is -4.16. The van der Waals surface area contributed by atoms with Crippen molar-refractivity contribution in [3.63, 3.8) is 0 Å². The average molecular weight is 407 g/mol. The van der Waals surface area contributed by atoms with Crippen molar-refractivity contribution in [2.75, 3.05) is 0 Å². The van der Waals surface area contributed by atoms with Gasteiger partial charge < -0.3 is 0 Å². The van der Waals surface area contributed by atoms with Gasteiger partial charge >= 0.3 is 0 Å². The summed E-state index contributed by atoms with van der Waals surface area (Å²) < 4.78 is 0. The zero-order valence-electron chi connectivity index (χ0n) is 17.7. The molecule has 0 heterocycles. The van der Waals surface area contributed by atoms with Gasteiger partial charge in [-0.3, -0.25) is 0 Å². The minimum atomic E-state index is 1.24. The van der Waals surface area contributed by atoms with E-state index >= 15 is 0 Å². The molecule has 0 fully saturated rings. The van der Waals surface area contributed by atoms with Crippen molar-refractivity contribution in [2.45, 2.75) is 0 Å². The highest BCUT2D eigenvalue weighted by Crippen LogP contribution is 2.39. The van der Waals surface area contributed by atoms with E-state index in [-0.39, 0.29) is 0 Å². The molecule has 32 heavy (non-hydrogen) atoms. The lowest BCUT2D eigenvalue weighted by molar-refractivity contribution is 1.63. The van der Waals surface area contributed by atoms with Crippen LogP contribution in [0.15, 0.2) is 133 Å². The Morgan fingerprint density at radius 3 is 1.12 bits per heavy atom. The summed E-state index contributed by atoms with van der Waals surface area (Å²) in [5.74, 6) is 0. The molecule has 0 radical (unpaired) electrons. The standard InChI is InChI=1S/C32H22/c1-4-10-23(11-5-1)26-16-18-30-28(20-26)22-29-21-27(24-12-6-2-7-13-24)17-19-31(29)32(30)25-14-8-3-9-15-25/h1-22H. The van der Waals surface area contributed by atoms with Crippen LogP contribution < -0.4 is 0 Å². The van der Waals surface area contributed by atoms with E-state index in [0.717, 1.165) is 0 Å². The van der Waals surface area contributed by atoms with Crippen LogP contribution in [-0.2, 0) is 0 Å². The molecule has 0 spiro atoms. The summed E-state index contributed by atoms with van der Waals surface area (Å²) in [4.78, 5) is 0. The quantitative estimate of drug-likeness (QED) is 0.257. The highest BCUT2D eigenvalue weighted by molar-refractivity contribution is 6.14. The summed E-state index contributed by atoms with van der Waals surface area (Å²) in [6.07, 6.45) is 0. The average Bonchev–Trinajstić information content (AvgIpc) is 2.88. The lowest BCUT2D eigenvalue weighted by Gasteiger charge is -2.14. The molecule has 6 aromatic carbocycles. The van der Waals surface area contributed by atoms with Gasteiger partial charge in [-0.2, -0.15) is 0 Å². The van der Waals surface area contributed by atoms with Crippen LogP contribution in [0, 0.1) is 0 Å². The Labute approximate surface area is 188 Å². The summed E-state index contributed by atoms with van der Waals surface area (Å²) >= 11 is 0. The van der Waals surface area contributed by atoms with E-state index in [9.17, 15) is 0 Å². The molecule has 0 amide bonds. The van der Waals surface area contributed by atoms with Crippen molar-refractivity contribution in [2.24, 2.45) is 0 Å². The molecule has 0 saturated heterocycles. The van der Waals surface area contributed by atoms with Crippen LogP contribution in [0.5, 0.6) is 0 Å². The van der Waals surface area contributed by atoms with Gasteiger partial charge in [0.05, 0.1) is 0 Å². The molecule has 6 rings (SSSR count). The molecule has 0 bridgehead atoms. The summed E-state index contributed by atoms with van der Waals surface area (Å²) in [6, 6.07) is 48.0. The molecule has 0 aliphatic rings. The van der Waals surface area contributed by atoms with Crippen LogP contribution in [0.1, 0.15) is 0 Å². The van der Waals surface area contributed by atoms with Gasteiger partial charge in [-0.05, 0) is 73.1 Å². The number of hydrogen-bond acceptors (Lipinski definition) is 0. The zero-order valence-corrected chi connectivity index (χ0v) is 17.7. The Morgan fingerprint density at radius 2 is 0.688 bits per heavy atom. The maximum atomic E-state index is 2.34. The molecule has 0 aliphatic carbocycles. The predicted octanol–water partition coefficient (Wildman–Crippen LogP) is 8.99. The minimum Gasteiger partial charge on any atom is -0.0622 e. The van der Waals surface area contributed by atoms with Gasteiger partial charge in [-0.15, -0.1) is 0 Å². The van der Waals surface area contributed by atoms with Crippen LogP contribution in [0.4, 0.5) is 0 Å². The van der Waals surface area contributed by atoms with Gasteiger partial charge in [0.2, 0.25) is 0 Å². The molecule has 0 N–H and O–H groups in total. The van der Waals surface area contributed by atoms with Crippen molar-refractivity contribution in [3.8, 4) is 33.4 Å². The van der Waals surface area contributed by atoms with E-state index < -0.39 is 0 Å². The van der Waals surface area contributed by atoms with Gasteiger partial charge in [0.15, 0.2) is 0 Å². The summed E-state index contributed by atoms with van der Waals surface area (Å²) in [7, 11) is 0. The Balaban J connectivity index is 1.65. The van der Waals surface area contributed by atoms with E-state index in [4.69, 9.17) is 0 Å². The van der Waals surface area contributed by atoms with Crippen molar-refractivity contribution < 1.29 is 0 Å². The van der Waals surface area contributed by atoms with Gasteiger partial charge in [-0.25, -0.2) is 0 Å². The van der Waals surface area contributed by atoms with Crippen molar-refractivity contribution in [3.05, 3.63) is 133 Å². The van der Waals surface area contributed by atoms with E-state index in [1.807, 2.05) is 0 Å². The smallest absolute Gasteiger partial charge is 0.00268 e. The van der Waals surface area contributed by atoms with Crippen molar-refractivity contribution >= 4 is 21.5 Å². The zero-order chi connectivity index (χ0) is 21.3. The second-order valence-electron chi connectivity index (χ2n) is 8.22. The maximum absolute atomic E-state index is 2.34. The maximum Gasteiger partial charge on any atom is -0.00268 e. The molecule has 0 heteroatoms. The second-order valence-corrected chi connectivity index (χ2v) is 8.22. The van der Waals surface area contributed by atoms with Crippen LogP contribution in [0.2, 0.25) is 0 Å². The molecule has 0 nitrogen and oxygen atoms in total. The third kappa shape index (κ3) is 3.27. The predicted molar refractivity (Wildman–Crippen MR) is 138 cm³/mol. The van der Waals surface area contributed by atoms with E-state index in [1.54, 1.807) is 0 Å². The summed E-state index contributed by atoms with van der Waals surface area (Å²) in [6.45, 7) is 0. The topological polar surface area (TPSA) is 0 Å². The first-order valence-electron chi connectivity index (χ1n) is 11.0. The number of rotatable bonds is 3. The molecule has 0 aliphatic heterocycles. The van der Waals surface area contributed by atoms with E-state index in [2.05, 4.69) is 133 Å². The Morgan fingerprint density at radius 1 is 0.281 bits per heavy atom. The third-order valence-corrected chi connectivity index (χ3v) is 6.23. The van der Waals surface area contributed by atoms with Gasteiger partial charge in [0.25, 0.3) is 0 Å². The highest BCUT2D eigenvalue weighted by Gasteiger charge is 2.12. The first-order chi connectivity index (χ1) is 15.9. The molecular formula is C32H22. The lowest BCUT2D eigenvalue weighted by Crippen LogP contribution is -1.88. The van der Waals surface area contributed by atoms with Gasteiger partial charge in [-0.1, -0.05) is 115 Å². The summed E-state index contributed by atoms with van der Waals surface area (Å²) in [5.41, 5.74) is 7.54. The molecule has 150 valence electrons. The number of hydrogen-bond donors (Lipinski definition) is 0. The van der Waals surface area contributed by atoms with Crippen LogP contribution in [0.3, 0.4) is 0 Å². The molecule has 0 aromatic heterocycles. The fraction of sp³-hybridized carbons (Fsp3) is 0. The monoisotopic (exact) mass is 406 g/mol. The van der Waals surface area contributed by atoms with Crippen LogP contribution in [-0.4, -0.2) is 0 Å².